The molecule has 0 spiro atoms. The molecule has 226 valence electrons. The molecule has 0 amide bonds. The Labute approximate surface area is 270 Å². The van der Waals surface area contributed by atoms with Crippen LogP contribution in [0.25, 0.3) is 50.7 Å². The highest BCUT2D eigenvalue weighted by Gasteiger charge is 2.27. The number of fused-ring (bicyclic) bond motifs is 4. The number of nitrogen functional groups attached to an aromatic ring is 1. The molecule has 1 aliphatic heterocycles. The molecule has 0 fully saturated rings. The topological polar surface area (TPSA) is 117 Å². The van der Waals surface area contributed by atoms with Crippen LogP contribution in [0.3, 0.4) is 0 Å². The lowest BCUT2D eigenvalue weighted by atomic mass is 10.0. The van der Waals surface area contributed by atoms with Gasteiger partial charge in [0, 0.05) is 40.4 Å². The Morgan fingerprint density at radius 2 is 1.57 bits per heavy atom. The maximum atomic E-state index is 6.98. The molecule has 2 aliphatic rings. The van der Waals surface area contributed by atoms with Gasteiger partial charge in [-0.2, -0.15) is 9.97 Å². The maximum absolute atomic E-state index is 6.98. The van der Waals surface area contributed by atoms with Gasteiger partial charge in [0.15, 0.2) is 0 Å². The van der Waals surface area contributed by atoms with E-state index in [4.69, 9.17) is 26.4 Å². The van der Waals surface area contributed by atoms with Gasteiger partial charge in [-0.15, -0.1) is 0 Å². The van der Waals surface area contributed by atoms with Gasteiger partial charge in [0.05, 0.1) is 28.1 Å². The molecule has 1 aliphatic carbocycles. The van der Waals surface area contributed by atoms with Crippen LogP contribution >= 0.6 is 0 Å². The fourth-order valence-electron chi connectivity index (χ4n) is 6.25. The lowest BCUT2D eigenvalue weighted by Crippen LogP contribution is -2.31. The van der Waals surface area contributed by atoms with Gasteiger partial charge in [-0.3, -0.25) is 19.0 Å². The summed E-state index contributed by atoms with van der Waals surface area (Å²) in [6.07, 6.45) is 20.8. The minimum atomic E-state index is 0.356. The van der Waals surface area contributed by atoms with Crippen molar-refractivity contribution in [2.45, 2.75) is 6.92 Å². The average Bonchev–Trinajstić information content (AvgIpc) is 3.48. The highest BCUT2D eigenvalue weighted by atomic mass is 15.3. The Morgan fingerprint density at radius 1 is 0.830 bits per heavy atom. The summed E-state index contributed by atoms with van der Waals surface area (Å²) in [5, 5.41) is 2.08. The van der Waals surface area contributed by atoms with E-state index in [0.717, 1.165) is 38.6 Å². The average molecular weight is 612 g/mol. The zero-order valence-electron chi connectivity index (χ0n) is 25.5. The molecular formula is C38H29N9. The second-order valence-electron chi connectivity index (χ2n) is 11.0. The van der Waals surface area contributed by atoms with Gasteiger partial charge in [-0.1, -0.05) is 67.0 Å². The van der Waals surface area contributed by atoms with Gasteiger partial charge >= 0.3 is 0 Å². The molecule has 5 aromatic heterocycles. The predicted octanol–water partition coefficient (Wildman–Crippen LogP) is 7.19. The molecule has 8 rings (SSSR count). The molecule has 0 radical (unpaired) electrons. The number of aromatic nitrogens is 6. The molecule has 9 heteroatoms. The summed E-state index contributed by atoms with van der Waals surface area (Å²) in [5.41, 5.74) is 24.1. The molecule has 6 heterocycles. The SMILES string of the molecule is C=C/C=C\c1c(N)c2ncccc2n1-c1cc(-n2c3ccccc3c3cccnc32)nc(N2C3=C=C(C=CC=C3)C(/C=C\C)=C2N)n1. The first kappa shape index (κ1) is 27.8. The van der Waals surface area contributed by atoms with Crippen molar-refractivity contribution >= 4 is 50.7 Å². The van der Waals surface area contributed by atoms with Crippen molar-refractivity contribution in [2.75, 3.05) is 10.6 Å². The van der Waals surface area contributed by atoms with E-state index in [9.17, 15) is 0 Å². The van der Waals surface area contributed by atoms with E-state index in [1.54, 1.807) is 18.5 Å². The van der Waals surface area contributed by atoms with E-state index in [0.29, 0.717) is 46.0 Å². The predicted molar refractivity (Wildman–Crippen MR) is 190 cm³/mol. The number of nitrogens with zero attached hydrogens (tertiary/aromatic N) is 7. The fraction of sp³-hybridized carbons (Fsp3) is 0.0263. The second kappa shape index (κ2) is 11.0. The van der Waals surface area contributed by atoms with Crippen molar-refractivity contribution in [3.63, 3.8) is 0 Å². The Morgan fingerprint density at radius 3 is 2.43 bits per heavy atom. The first-order valence-corrected chi connectivity index (χ1v) is 15.2. The molecule has 0 atom stereocenters. The number of allylic oxidation sites excluding steroid dienone is 9. The van der Waals surface area contributed by atoms with Crippen LogP contribution in [0.4, 0.5) is 11.6 Å². The first-order valence-electron chi connectivity index (χ1n) is 15.2. The monoisotopic (exact) mass is 611 g/mol. The Bertz CT molecular complexity index is 2460. The van der Waals surface area contributed by atoms with Crippen molar-refractivity contribution < 1.29 is 0 Å². The molecule has 6 aromatic rings. The van der Waals surface area contributed by atoms with E-state index in [2.05, 4.69) is 40.1 Å². The van der Waals surface area contributed by atoms with Gasteiger partial charge in [-0.25, -0.2) is 4.98 Å². The minimum Gasteiger partial charge on any atom is -0.395 e. The maximum Gasteiger partial charge on any atom is 0.240 e. The van der Waals surface area contributed by atoms with Gasteiger partial charge in [0.1, 0.15) is 28.6 Å². The number of para-hydroxylation sites is 1. The standard InChI is InChI=1S/C38H29N9/c1-3-5-17-30-34(39)35-31(19-11-20-41-35)46(30)32-23-33(47-29-18-9-8-15-27(29)28-16-10-21-42-37(28)47)44-38(43-32)45-25-14-7-6-13-24(22-25)26(12-4-2)36(45)40/h3-21,23H,1,39-40H2,2H3/b12-4-,17-5-. The van der Waals surface area contributed by atoms with E-state index in [1.807, 2.05) is 101 Å². The molecule has 0 unspecified atom stereocenters. The van der Waals surface area contributed by atoms with Crippen molar-refractivity contribution in [2.24, 2.45) is 5.73 Å². The zero-order chi connectivity index (χ0) is 32.1. The quantitative estimate of drug-likeness (QED) is 0.151. The second-order valence-corrected chi connectivity index (χ2v) is 11.0. The van der Waals surface area contributed by atoms with Crippen LogP contribution in [0.1, 0.15) is 12.6 Å². The van der Waals surface area contributed by atoms with Gasteiger partial charge in [-0.05, 0) is 55.5 Å². The third-order valence-corrected chi connectivity index (χ3v) is 8.24. The summed E-state index contributed by atoms with van der Waals surface area (Å²) in [6.45, 7) is 5.83. The molecule has 0 saturated heterocycles. The minimum absolute atomic E-state index is 0.356. The van der Waals surface area contributed by atoms with Crippen LogP contribution in [-0.4, -0.2) is 29.1 Å². The van der Waals surface area contributed by atoms with Gasteiger partial charge in [0.2, 0.25) is 5.95 Å². The summed E-state index contributed by atoms with van der Waals surface area (Å²) in [6, 6.07) is 18.0. The van der Waals surface area contributed by atoms with Crippen molar-refractivity contribution in [3.8, 4) is 11.6 Å². The Hall–Kier alpha value is -6.70. The summed E-state index contributed by atoms with van der Waals surface area (Å²) >= 11 is 0. The molecular weight excluding hydrogens is 582 g/mol. The largest absolute Gasteiger partial charge is 0.395 e. The molecule has 47 heavy (non-hydrogen) atoms. The number of pyridine rings is 2. The summed E-state index contributed by atoms with van der Waals surface area (Å²) < 4.78 is 4.05. The smallest absolute Gasteiger partial charge is 0.240 e. The number of hydrogen-bond acceptors (Lipinski definition) is 7. The number of benzene rings is 1. The third kappa shape index (κ3) is 4.34. The summed E-state index contributed by atoms with van der Waals surface area (Å²) in [4.78, 5) is 21.7. The van der Waals surface area contributed by atoms with Crippen LogP contribution in [0.2, 0.25) is 0 Å². The van der Waals surface area contributed by atoms with Crippen molar-refractivity contribution in [1.29, 1.82) is 0 Å². The van der Waals surface area contributed by atoms with E-state index < -0.39 is 0 Å². The zero-order valence-corrected chi connectivity index (χ0v) is 25.5. The van der Waals surface area contributed by atoms with Crippen LogP contribution in [0.5, 0.6) is 0 Å². The number of nitrogens with two attached hydrogens (primary N) is 2. The molecule has 0 saturated carbocycles. The van der Waals surface area contributed by atoms with Gasteiger partial charge in [0.25, 0.3) is 0 Å². The first-order chi connectivity index (χ1) is 23.1. The Kier molecular flexibility index (Phi) is 6.53. The summed E-state index contributed by atoms with van der Waals surface area (Å²) in [5.74, 6) is 2.01. The third-order valence-electron chi connectivity index (χ3n) is 8.24. The number of hydrogen-bond donors (Lipinski definition) is 2. The van der Waals surface area contributed by atoms with E-state index in [-0.39, 0.29) is 0 Å². The fourth-order valence-corrected chi connectivity index (χ4v) is 6.25. The lowest BCUT2D eigenvalue weighted by Gasteiger charge is -2.28. The molecule has 9 nitrogen and oxygen atoms in total. The van der Waals surface area contributed by atoms with Crippen LogP contribution in [0.15, 0.2) is 151 Å². The highest BCUT2D eigenvalue weighted by Crippen LogP contribution is 2.36. The van der Waals surface area contributed by atoms with Crippen LogP contribution in [-0.2, 0) is 0 Å². The molecule has 4 N–H and O–H groups in total. The van der Waals surface area contributed by atoms with E-state index in [1.165, 1.54) is 0 Å². The van der Waals surface area contributed by atoms with Crippen molar-refractivity contribution in [3.05, 3.63) is 156 Å². The summed E-state index contributed by atoms with van der Waals surface area (Å²) in [7, 11) is 0. The van der Waals surface area contributed by atoms with E-state index >= 15 is 0 Å². The molecule has 1 aromatic carbocycles. The number of rotatable bonds is 6. The number of anilines is 2. The van der Waals surface area contributed by atoms with Crippen molar-refractivity contribution in [1.82, 2.24) is 29.1 Å². The normalized spacial score (nSPS) is 14.6. The molecule has 2 bridgehead atoms. The van der Waals surface area contributed by atoms with Crippen LogP contribution in [0, 0.1) is 0 Å². The Balaban J connectivity index is 1.50. The highest BCUT2D eigenvalue weighted by molar-refractivity contribution is 6.07. The lowest BCUT2D eigenvalue weighted by molar-refractivity contribution is 0.906. The van der Waals surface area contributed by atoms with Crippen LogP contribution < -0.4 is 16.4 Å². The van der Waals surface area contributed by atoms with Gasteiger partial charge < -0.3 is 11.5 Å².